The maximum absolute atomic E-state index is 12.3. The van der Waals surface area contributed by atoms with Gasteiger partial charge in [0, 0.05) is 12.0 Å². The van der Waals surface area contributed by atoms with Crippen molar-refractivity contribution in [2.24, 2.45) is 10.6 Å². The maximum atomic E-state index is 12.3. The van der Waals surface area contributed by atoms with Gasteiger partial charge in [0.1, 0.15) is 0 Å². The van der Waals surface area contributed by atoms with E-state index < -0.39 is 10.0 Å². The van der Waals surface area contributed by atoms with Gasteiger partial charge in [-0.25, -0.2) is 13.6 Å². The van der Waals surface area contributed by atoms with E-state index in [2.05, 4.69) is 5.32 Å². The first-order chi connectivity index (χ1) is 9.81. The van der Waals surface area contributed by atoms with Crippen LogP contribution >= 0.6 is 0 Å². The van der Waals surface area contributed by atoms with Gasteiger partial charge in [-0.1, -0.05) is 38.3 Å². The van der Waals surface area contributed by atoms with Crippen molar-refractivity contribution in [2.75, 3.05) is 0 Å². The fourth-order valence-electron chi connectivity index (χ4n) is 2.79. The SMILES string of the molecule is CC1(C(=O)NCc2cccc(S(N)(=O)=O)c2)CCCCC1. The molecule has 3 N–H and O–H groups in total. The summed E-state index contributed by atoms with van der Waals surface area (Å²) in [5.41, 5.74) is 0.435. The normalized spacial score (nSPS) is 18.2. The quantitative estimate of drug-likeness (QED) is 0.890. The molecule has 5 nitrogen and oxygen atoms in total. The van der Waals surface area contributed by atoms with E-state index in [9.17, 15) is 13.2 Å². The van der Waals surface area contributed by atoms with E-state index in [-0.39, 0.29) is 16.2 Å². The first-order valence-electron chi connectivity index (χ1n) is 7.21. The lowest BCUT2D eigenvalue weighted by Crippen LogP contribution is -2.39. The Hall–Kier alpha value is -1.40. The van der Waals surface area contributed by atoms with Crippen LogP contribution in [0.4, 0.5) is 0 Å². The summed E-state index contributed by atoms with van der Waals surface area (Å²) in [5.74, 6) is 0.0446. The second-order valence-corrected chi connectivity index (χ2v) is 7.56. The van der Waals surface area contributed by atoms with Crippen LogP contribution in [0.15, 0.2) is 29.2 Å². The number of amides is 1. The summed E-state index contributed by atoms with van der Waals surface area (Å²) in [6.45, 7) is 2.32. The van der Waals surface area contributed by atoms with Crippen LogP contribution < -0.4 is 10.5 Å². The second-order valence-electron chi connectivity index (χ2n) is 6.00. The van der Waals surface area contributed by atoms with Gasteiger partial charge in [-0.05, 0) is 30.5 Å². The Labute approximate surface area is 126 Å². The lowest BCUT2D eigenvalue weighted by atomic mass is 9.75. The minimum absolute atomic E-state index is 0.0446. The largest absolute Gasteiger partial charge is 0.352 e. The van der Waals surface area contributed by atoms with Crippen molar-refractivity contribution in [3.8, 4) is 0 Å². The maximum Gasteiger partial charge on any atom is 0.238 e. The Morgan fingerprint density at radius 1 is 1.29 bits per heavy atom. The molecule has 0 heterocycles. The highest BCUT2D eigenvalue weighted by Crippen LogP contribution is 2.35. The van der Waals surface area contributed by atoms with Crippen LogP contribution in [0.1, 0.15) is 44.6 Å². The van der Waals surface area contributed by atoms with E-state index >= 15 is 0 Å². The Morgan fingerprint density at radius 2 is 1.95 bits per heavy atom. The third-order valence-electron chi connectivity index (χ3n) is 4.19. The van der Waals surface area contributed by atoms with E-state index in [0.717, 1.165) is 31.2 Å². The van der Waals surface area contributed by atoms with Gasteiger partial charge in [0.15, 0.2) is 0 Å². The number of carbonyl (C=O) groups is 1. The summed E-state index contributed by atoms with van der Waals surface area (Å²) in [7, 11) is -3.71. The molecule has 1 aliphatic carbocycles. The minimum Gasteiger partial charge on any atom is -0.352 e. The molecule has 1 aromatic carbocycles. The lowest BCUT2D eigenvalue weighted by molar-refractivity contribution is -0.132. The zero-order chi connectivity index (χ0) is 15.5. The Bertz CT molecular complexity index is 620. The molecule has 0 atom stereocenters. The number of benzene rings is 1. The molecule has 0 aliphatic heterocycles. The molecule has 1 aromatic rings. The van der Waals surface area contributed by atoms with Crippen molar-refractivity contribution in [1.29, 1.82) is 0 Å². The van der Waals surface area contributed by atoms with Gasteiger partial charge in [0.25, 0.3) is 0 Å². The van der Waals surface area contributed by atoms with Crippen LogP contribution in [0, 0.1) is 5.41 Å². The van der Waals surface area contributed by atoms with E-state index in [4.69, 9.17) is 5.14 Å². The van der Waals surface area contributed by atoms with E-state index in [1.165, 1.54) is 18.6 Å². The highest BCUT2D eigenvalue weighted by molar-refractivity contribution is 7.89. The molecular formula is C15H22N2O3S. The summed E-state index contributed by atoms with van der Waals surface area (Å²) < 4.78 is 22.6. The van der Waals surface area contributed by atoms with Gasteiger partial charge in [0.2, 0.25) is 15.9 Å². The van der Waals surface area contributed by atoms with Crippen LogP contribution in [0.2, 0.25) is 0 Å². The van der Waals surface area contributed by atoms with E-state index in [1.807, 2.05) is 6.92 Å². The fourth-order valence-corrected chi connectivity index (χ4v) is 3.37. The summed E-state index contributed by atoms with van der Waals surface area (Å²) in [6.07, 6.45) is 5.20. The molecule has 1 aliphatic rings. The molecule has 2 rings (SSSR count). The third kappa shape index (κ3) is 4.04. The summed E-state index contributed by atoms with van der Waals surface area (Å²) in [6, 6.07) is 6.35. The smallest absolute Gasteiger partial charge is 0.238 e. The van der Waals surface area contributed by atoms with Crippen molar-refractivity contribution in [3.05, 3.63) is 29.8 Å². The molecule has 21 heavy (non-hydrogen) atoms. The second kappa shape index (κ2) is 6.15. The number of primary sulfonamides is 1. The summed E-state index contributed by atoms with van der Waals surface area (Å²) in [4.78, 5) is 12.4. The molecule has 0 saturated heterocycles. The van der Waals surface area contributed by atoms with Crippen LogP contribution in [-0.4, -0.2) is 14.3 Å². The monoisotopic (exact) mass is 310 g/mol. The topological polar surface area (TPSA) is 89.3 Å². The fraction of sp³-hybridized carbons (Fsp3) is 0.533. The van der Waals surface area contributed by atoms with Crippen LogP contribution in [-0.2, 0) is 21.4 Å². The highest BCUT2D eigenvalue weighted by atomic mass is 32.2. The Balaban J connectivity index is 2.01. The molecule has 6 heteroatoms. The molecular weight excluding hydrogens is 288 g/mol. The Morgan fingerprint density at radius 3 is 2.57 bits per heavy atom. The molecule has 116 valence electrons. The van der Waals surface area contributed by atoms with Crippen LogP contribution in [0.5, 0.6) is 0 Å². The lowest BCUT2D eigenvalue weighted by Gasteiger charge is -2.32. The average Bonchev–Trinajstić information content (AvgIpc) is 2.45. The van der Waals surface area contributed by atoms with Crippen molar-refractivity contribution in [2.45, 2.75) is 50.5 Å². The van der Waals surface area contributed by atoms with Gasteiger partial charge in [-0.15, -0.1) is 0 Å². The molecule has 1 amide bonds. The molecule has 0 radical (unpaired) electrons. The van der Waals surface area contributed by atoms with Crippen molar-refractivity contribution in [1.82, 2.24) is 5.32 Å². The van der Waals surface area contributed by atoms with Gasteiger partial charge in [0.05, 0.1) is 4.90 Å². The highest BCUT2D eigenvalue weighted by Gasteiger charge is 2.34. The number of nitrogens with one attached hydrogen (secondary N) is 1. The Kier molecular flexibility index (Phi) is 4.68. The predicted octanol–water partition coefficient (Wildman–Crippen LogP) is 1.92. The van der Waals surface area contributed by atoms with Crippen LogP contribution in [0.3, 0.4) is 0 Å². The van der Waals surface area contributed by atoms with Gasteiger partial charge >= 0.3 is 0 Å². The van der Waals surface area contributed by atoms with Crippen molar-refractivity contribution >= 4 is 15.9 Å². The van der Waals surface area contributed by atoms with Gasteiger partial charge in [-0.3, -0.25) is 4.79 Å². The zero-order valence-corrected chi connectivity index (χ0v) is 13.1. The molecule has 0 spiro atoms. The number of nitrogens with two attached hydrogens (primary N) is 1. The molecule has 0 unspecified atom stereocenters. The molecule has 0 bridgehead atoms. The number of rotatable bonds is 4. The summed E-state index contributed by atoms with van der Waals surface area (Å²) in [5, 5.41) is 8.02. The van der Waals surface area contributed by atoms with Gasteiger partial charge in [-0.2, -0.15) is 0 Å². The number of hydrogen-bond acceptors (Lipinski definition) is 3. The summed E-state index contributed by atoms with van der Waals surface area (Å²) >= 11 is 0. The standard InChI is InChI=1S/C15H22N2O3S/c1-15(8-3-2-4-9-15)14(18)17-11-12-6-5-7-13(10-12)21(16,19)20/h5-7,10H,2-4,8-9,11H2,1H3,(H,17,18)(H2,16,19,20). The van der Waals surface area contributed by atoms with Crippen molar-refractivity contribution in [3.63, 3.8) is 0 Å². The van der Waals surface area contributed by atoms with Gasteiger partial charge < -0.3 is 5.32 Å². The third-order valence-corrected chi connectivity index (χ3v) is 5.10. The van der Waals surface area contributed by atoms with Crippen LogP contribution in [0.25, 0.3) is 0 Å². The predicted molar refractivity (Wildman–Crippen MR) is 80.9 cm³/mol. The molecule has 1 fully saturated rings. The number of carbonyl (C=O) groups excluding carboxylic acids is 1. The zero-order valence-electron chi connectivity index (χ0n) is 12.3. The molecule has 1 saturated carbocycles. The van der Waals surface area contributed by atoms with Crippen molar-refractivity contribution < 1.29 is 13.2 Å². The average molecular weight is 310 g/mol. The number of hydrogen-bond donors (Lipinski definition) is 2. The van der Waals surface area contributed by atoms with E-state index in [0.29, 0.717) is 6.54 Å². The molecule has 0 aromatic heterocycles. The number of sulfonamides is 1. The first kappa shape index (κ1) is 16.0. The minimum atomic E-state index is -3.71. The van der Waals surface area contributed by atoms with E-state index in [1.54, 1.807) is 12.1 Å². The first-order valence-corrected chi connectivity index (χ1v) is 8.76.